The summed E-state index contributed by atoms with van der Waals surface area (Å²) in [6.45, 7) is 6.21. The van der Waals surface area contributed by atoms with Crippen LogP contribution < -0.4 is 15.4 Å². The molecule has 3 aliphatic rings. The molecule has 7 atom stereocenters. The van der Waals surface area contributed by atoms with Crippen molar-refractivity contribution < 1.29 is 24.2 Å². The van der Waals surface area contributed by atoms with E-state index >= 15 is 0 Å². The van der Waals surface area contributed by atoms with Crippen LogP contribution >= 0.6 is 11.8 Å². The Morgan fingerprint density at radius 3 is 2.40 bits per heavy atom. The SMILES string of the molecule is CCOc1ccc(NC(=O)[C@@H]2[C@H]3C(=O)N([C@@H](CC)CO)C(C(=O)Nc4ccc5ccccc5c4)C34S[C@@H]2CC4C)cc1. The van der Waals surface area contributed by atoms with E-state index in [4.69, 9.17) is 4.74 Å². The lowest BCUT2D eigenvalue weighted by molar-refractivity contribution is -0.141. The maximum absolute atomic E-state index is 14.3. The molecule has 42 heavy (non-hydrogen) atoms. The summed E-state index contributed by atoms with van der Waals surface area (Å²) in [5.41, 5.74) is 1.28. The Morgan fingerprint density at radius 1 is 1.02 bits per heavy atom. The van der Waals surface area contributed by atoms with Crippen LogP contribution in [0.1, 0.15) is 33.6 Å². The van der Waals surface area contributed by atoms with Crippen LogP contribution in [0.3, 0.4) is 0 Å². The minimum Gasteiger partial charge on any atom is -0.494 e. The first kappa shape index (κ1) is 28.6. The van der Waals surface area contributed by atoms with Gasteiger partial charge in [-0.2, -0.15) is 0 Å². The average molecular weight is 588 g/mol. The van der Waals surface area contributed by atoms with E-state index in [2.05, 4.69) is 17.6 Å². The van der Waals surface area contributed by atoms with Crippen molar-refractivity contribution in [2.24, 2.45) is 17.8 Å². The van der Waals surface area contributed by atoms with Gasteiger partial charge < -0.3 is 25.4 Å². The van der Waals surface area contributed by atoms with Gasteiger partial charge in [-0.3, -0.25) is 14.4 Å². The van der Waals surface area contributed by atoms with Crippen LogP contribution in [-0.4, -0.2) is 63.0 Å². The van der Waals surface area contributed by atoms with E-state index in [1.54, 1.807) is 40.9 Å². The number of carbonyl (C=O) groups excluding carboxylic acids is 3. The van der Waals surface area contributed by atoms with Gasteiger partial charge in [0.05, 0.1) is 35.8 Å². The highest BCUT2D eigenvalue weighted by atomic mass is 32.2. The second kappa shape index (κ2) is 11.3. The molecule has 3 fully saturated rings. The number of anilines is 2. The van der Waals surface area contributed by atoms with Gasteiger partial charge in [0.1, 0.15) is 11.8 Å². The number of hydrogen-bond acceptors (Lipinski definition) is 6. The first-order valence-corrected chi connectivity index (χ1v) is 15.6. The Bertz CT molecular complexity index is 1510. The predicted molar refractivity (Wildman–Crippen MR) is 165 cm³/mol. The molecule has 0 aliphatic carbocycles. The van der Waals surface area contributed by atoms with Crippen LogP contribution in [0.5, 0.6) is 5.75 Å². The van der Waals surface area contributed by atoms with Gasteiger partial charge in [-0.05, 0) is 72.9 Å². The predicted octanol–water partition coefficient (Wildman–Crippen LogP) is 4.92. The summed E-state index contributed by atoms with van der Waals surface area (Å²) in [7, 11) is 0. The fourth-order valence-electron chi connectivity index (χ4n) is 7.37. The largest absolute Gasteiger partial charge is 0.494 e. The Kier molecular flexibility index (Phi) is 7.66. The molecule has 9 heteroatoms. The van der Waals surface area contributed by atoms with Crippen molar-refractivity contribution in [3.05, 3.63) is 66.7 Å². The Hall–Kier alpha value is -3.56. The van der Waals surface area contributed by atoms with Gasteiger partial charge in [-0.1, -0.05) is 44.2 Å². The maximum atomic E-state index is 14.3. The first-order valence-electron chi connectivity index (χ1n) is 14.8. The molecule has 0 saturated carbocycles. The van der Waals surface area contributed by atoms with Crippen molar-refractivity contribution in [3.8, 4) is 5.75 Å². The van der Waals surface area contributed by atoms with Crippen LogP contribution in [0.4, 0.5) is 11.4 Å². The normalized spacial score (nSPS) is 28.5. The number of hydrogen-bond donors (Lipinski definition) is 3. The third-order valence-electron chi connectivity index (χ3n) is 9.26. The first-order chi connectivity index (χ1) is 20.3. The molecule has 3 unspecified atom stereocenters. The molecule has 3 N–H and O–H groups in total. The molecule has 3 aromatic rings. The zero-order valence-electron chi connectivity index (χ0n) is 24.1. The lowest BCUT2D eigenvalue weighted by Gasteiger charge is -2.40. The number of carbonyl (C=O) groups is 3. The number of nitrogens with one attached hydrogen (secondary N) is 2. The van der Waals surface area contributed by atoms with Crippen LogP contribution in [0.25, 0.3) is 10.8 Å². The van der Waals surface area contributed by atoms with Gasteiger partial charge in [0, 0.05) is 16.6 Å². The Labute approximate surface area is 250 Å². The molecule has 2 bridgehead atoms. The molecule has 0 aromatic heterocycles. The van der Waals surface area contributed by atoms with E-state index in [1.807, 2.05) is 56.3 Å². The zero-order valence-corrected chi connectivity index (χ0v) is 24.9. The second-order valence-electron chi connectivity index (χ2n) is 11.5. The van der Waals surface area contributed by atoms with E-state index in [1.165, 1.54) is 0 Å². The van der Waals surface area contributed by atoms with Gasteiger partial charge in [0.25, 0.3) is 0 Å². The molecule has 0 radical (unpaired) electrons. The highest BCUT2D eigenvalue weighted by Gasteiger charge is 2.76. The lowest BCUT2D eigenvalue weighted by Crippen LogP contribution is -2.56. The molecule has 3 aliphatic heterocycles. The number of rotatable bonds is 9. The molecule has 1 spiro atoms. The maximum Gasteiger partial charge on any atom is 0.248 e. The monoisotopic (exact) mass is 587 g/mol. The van der Waals surface area contributed by atoms with E-state index in [0.717, 1.165) is 22.9 Å². The lowest BCUT2D eigenvalue weighted by atomic mass is 9.66. The number of fused-ring (bicyclic) bond motifs is 2. The molecule has 3 amide bonds. The minimum atomic E-state index is -0.813. The number of thioether (sulfide) groups is 1. The molecule has 3 heterocycles. The summed E-state index contributed by atoms with van der Waals surface area (Å²) >= 11 is 1.62. The smallest absolute Gasteiger partial charge is 0.248 e. The number of likely N-dealkylation sites (tertiary alicyclic amines) is 1. The second-order valence-corrected chi connectivity index (χ2v) is 13.1. The van der Waals surface area contributed by atoms with Gasteiger partial charge in [-0.15, -0.1) is 11.8 Å². The van der Waals surface area contributed by atoms with Gasteiger partial charge in [0.15, 0.2) is 0 Å². The molecule has 220 valence electrons. The number of aliphatic hydroxyl groups is 1. The van der Waals surface area contributed by atoms with Gasteiger partial charge >= 0.3 is 0 Å². The van der Waals surface area contributed by atoms with E-state index in [9.17, 15) is 19.5 Å². The highest BCUT2D eigenvalue weighted by molar-refractivity contribution is 8.02. The van der Waals surface area contributed by atoms with E-state index < -0.39 is 28.7 Å². The Morgan fingerprint density at radius 2 is 1.71 bits per heavy atom. The van der Waals surface area contributed by atoms with Gasteiger partial charge in [-0.25, -0.2) is 0 Å². The topological polar surface area (TPSA) is 108 Å². The van der Waals surface area contributed by atoms with Crippen LogP contribution in [0.2, 0.25) is 0 Å². The standard InChI is InChI=1S/C33H37N3O5S/c1-4-24(18-37)36-29(31(39)35-23-11-10-20-8-6-7-9-21(20)17-23)33-19(3)16-26(42-33)27(28(33)32(36)40)30(38)34-22-12-14-25(15-13-22)41-5-2/h6-15,17,19,24,26-29,37H,4-5,16,18H2,1-3H3,(H,34,38)(H,35,39)/t19?,24-,26+,27-,28-,29?,33?/m0/s1. The van der Waals surface area contributed by atoms with E-state index in [0.29, 0.717) is 24.4 Å². The number of aliphatic hydroxyl groups excluding tert-OH is 1. The fourth-order valence-corrected chi connectivity index (χ4v) is 9.78. The molecule has 8 nitrogen and oxygen atoms in total. The Balaban J connectivity index is 1.33. The molecule has 3 aromatic carbocycles. The highest BCUT2D eigenvalue weighted by Crippen LogP contribution is 2.69. The third kappa shape index (κ3) is 4.54. The molecule has 3 saturated heterocycles. The van der Waals surface area contributed by atoms with Gasteiger partial charge in [0.2, 0.25) is 17.7 Å². The minimum absolute atomic E-state index is 0.0320. The summed E-state index contributed by atoms with van der Waals surface area (Å²) < 4.78 is 4.74. The number of amides is 3. The molecule has 6 rings (SSSR count). The van der Waals surface area contributed by atoms with Crippen molar-refractivity contribution in [3.63, 3.8) is 0 Å². The summed E-state index contributed by atoms with van der Waals surface area (Å²) in [6.07, 6.45) is 1.23. The van der Waals surface area contributed by atoms with Crippen molar-refractivity contribution in [1.29, 1.82) is 0 Å². The number of nitrogens with zero attached hydrogens (tertiary/aromatic N) is 1. The summed E-state index contributed by atoms with van der Waals surface area (Å²) in [5.74, 6) is -1.20. The molecular formula is C33H37N3O5S. The van der Waals surface area contributed by atoms with Crippen molar-refractivity contribution in [2.75, 3.05) is 23.8 Å². The van der Waals surface area contributed by atoms with Crippen molar-refractivity contribution >= 4 is 51.6 Å². The van der Waals surface area contributed by atoms with Crippen LogP contribution in [0, 0.1) is 17.8 Å². The summed E-state index contributed by atoms with van der Waals surface area (Å²) in [4.78, 5) is 44.0. The number of ether oxygens (including phenoxy) is 1. The van der Waals surface area contributed by atoms with Crippen molar-refractivity contribution in [1.82, 2.24) is 4.90 Å². The summed E-state index contributed by atoms with van der Waals surface area (Å²) in [6, 6.07) is 19.6. The van der Waals surface area contributed by atoms with Crippen LogP contribution in [0.15, 0.2) is 66.7 Å². The van der Waals surface area contributed by atoms with Crippen LogP contribution in [-0.2, 0) is 14.4 Å². The third-order valence-corrected chi connectivity index (χ3v) is 11.3. The van der Waals surface area contributed by atoms with E-state index in [-0.39, 0.29) is 35.5 Å². The molecular weight excluding hydrogens is 550 g/mol. The summed E-state index contributed by atoms with van der Waals surface area (Å²) in [5, 5.41) is 18.4. The zero-order chi connectivity index (χ0) is 29.6. The van der Waals surface area contributed by atoms with Crippen molar-refractivity contribution in [2.45, 2.75) is 55.7 Å². The number of benzene rings is 3. The quantitative estimate of drug-likeness (QED) is 0.328. The average Bonchev–Trinajstić information content (AvgIpc) is 3.58. The fraction of sp³-hybridized carbons (Fsp3) is 0.424.